The van der Waals surface area contributed by atoms with E-state index < -0.39 is 0 Å². The summed E-state index contributed by atoms with van der Waals surface area (Å²) in [5.41, 5.74) is 0. The van der Waals surface area contributed by atoms with Crippen LogP contribution in [0.3, 0.4) is 0 Å². The average Bonchev–Trinajstić information content (AvgIpc) is 1.71. The minimum atomic E-state index is 0. The van der Waals surface area contributed by atoms with Gasteiger partial charge in [-0.2, -0.15) is 0 Å². The van der Waals surface area contributed by atoms with Crippen LogP contribution in [0, 0.1) is 0 Å². The normalized spacial score (nSPS) is 14.4. The Kier molecular flexibility index (Phi) is 10.7. The first kappa shape index (κ1) is 22.4. The molecule has 4 heterocycles. The van der Waals surface area contributed by atoms with Crippen molar-refractivity contribution in [2.45, 2.75) is 0 Å². The molecule has 4 aromatic heterocycles. The second kappa shape index (κ2) is 4.76. The summed E-state index contributed by atoms with van der Waals surface area (Å²) in [7, 11) is 0. The summed E-state index contributed by atoms with van der Waals surface area (Å²) in [6, 6.07) is 0. The van der Waals surface area contributed by atoms with Gasteiger partial charge in [-0.3, -0.25) is 0 Å². The molecule has 0 unspecified atom stereocenters. The van der Waals surface area contributed by atoms with Gasteiger partial charge in [0.2, 0.25) is 0 Å². The molecule has 10 heteroatoms. The number of rotatable bonds is 0. The van der Waals surface area contributed by atoms with Crippen molar-refractivity contribution >= 4 is 25.5 Å². The van der Waals surface area contributed by atoms with Crippen LogP contribution in [0.5, 0.6) is 0 Å². The van der Waals surface area contributed by atoms with E-state index in [0.29, 0.717) is 0 Å². The zero-order valence-corrected chi connectivity index (χ0v) is 8.37. The Bertz CT molecular complexity index is 164. The van der Waals surface area contributed by atoms with Crippen molar-refractivity contribution in [2.75, 3.05) is 0 Å². The lowest BCUT2D eigenvalue weighted by Crippen LogP contribution is -0.290. The Hall–Kier alpha value is 0.960. The molecule has 0 aliphatic carbocycles. The van der Waals surface area contributed by atoms with Crippen LogP contribution in [0.25, 0.3) is 0 Å². The maximum absolute atomic E-state index is 1.07. The fraction of sp³-hybridized carbons (Fsp3) is 0. The first-order valence-corrected chi connectivity index (χ1v) is 10.8. The molecule has 0 aliphatic heterocycles. The second-order valence-electron chi connectivity index (χ2n) is 1.07. The van der Waals surface area contributed by atoms with Gasteiger partial charge < -0.3 is 32.9 Å². The Morgan fingerprint density at radius 2 is 0.400 bits per heavy atom. The first-order valence-electron chi connectivity index (χ1n) is 1.20. The van der Waals surface area contributed by atoms with Gasteiger partial charge in [0.1, 0.15) is 0 Å². The van der Waals surface area contributed by atoms with Gasteiger partial charge in [0.15, 0.2) is 0 Å². The Morgan fingerprint density at radius 1 is 0.300 bits per heavy atom. The Labute approximate surface area is 59.1 Å². The minimum Gasteiger partial charge on any atom is -0.412 e. The van der Waals surface area contributed by atoms with Gasteiger partial charge in [-0.15, -0.1) is 0 Å². The van der Waals surface area contributed by atoms with Gasteiger partial charge in [-0.1, -0.05) is 0 Å². The third-order valence-corrected chi connectivity index (χ3v) is 48.5. The standard InChI is InChI=1S/6H2O.P4/c;;;;;;1-2-3(1)4(1)2/h6*1H2;. The summed E-state index contributed by atoms with van der Waals surface area (Å²) < 4.78 is 0. The summed E-state index contributed by atoms with van der Waals surface area (Å²) in [5.74, 6) is 0. The summed E-state index contributed by atoms with van der Waals surface area (Å²) >= 11 is 0. The lowest BCUT2D eigenvalue weighted by molar-refractivity contribution is 0.823. The average molecular weight is 232 g/mol. The van der Waals surface area contributed by atoms with Crippen LogP contribution in [-0.2, 0) is 0 Å². The Balaban J connectivity index is -0.0000000300. The lowest BCUT2D eigenvalue weighted by Gasteiger charge is -0.816. The molecule has 0 bridgehead atoms. The fourth-order valence-electron chi connectivity index (χ4n) is 0.335. The molecule has 4 rings (SSSR count). The van der Waals surface area contributed by atoms with Crippen LogP contribution in [0.4, 0.5) is 0 Å². The zero-order valence-electron chi connectivity index (χ0n) is 4.79. The fourth-order valence-corrected chi connectivity index (χ4v) is 61.9. The van der Waals surface area contributed by atoms with Crippen molar-refractivity contribution in [3.8, 4) is 0 Å². The van der Waals surface area contributed by atoms with Gasteiger partial charge in [0.05, 0.1) is 0 Å². The molecule has 0 fully saturated rings. The van der Waals surface area contributed by atoms with Crippen molar-refractivity contribution < 1.29 is 32.9 Å². The van der Waals surface area contributed by atoms with E-state index in [1.54, 1.807) is 0 Å². The predicted octanol–water partition coefficient (Wildman–Crippen LogP) is -1.50. The SMILES string of the molecule is O.O.O.O.O.O.p12p3p1p23. The molecule has 0 radical (unpaired) electrons. The van der Waals surface area contributed by atoms with Gasteiger partial charge in [-0.05, 0) is 0 Å². The number of hydrogen-bond donors (Lipinski definition) is 0. The zero-order chi connectivity index (χ0) is 2.31. The lowest BCUT2D eigenvalue weighted by atomic mass is 16.0. The molecule has 68 valence electrons. The molecule has 0 saturated carbocycles. The van der Waals surface area contributed by atoms with Crippen LogP contribution in [-0.4, -0.2) is 32.9 Å². The monoisotopic (exact) mass is 232 g/mol. The summed E-state index contributed by atoms with van der Waals surface area (Å²) in [5, 5.41) is 0. The third kappa shape index (κ3) is 1.97. The number of hydrogen-bond acceptors (Lipinski definition) is 0. The maximum Gasteiger partial charge on any atom is 0 e. The van der Waals surface area contributed by atoms with E-state index in [1.807, 2.05) is 0 Å². The van der Waals surface area contributed by atoms with Crippen LogP contribution < -0.4 is 0 Å². The summed E-state index contributed by atoms with van der Waals surface area (Å²) in [4.78, 5) is 0. The van der Waals surface area contributed by atoms with Crippen LogP contribution >= 0.6 is 25.5 Å². The van der Waals surface area contributed by atoms with Crippen molar-refractivity contribution in [1.29, 1.82) is 0 Å². The van der Waals surface area contributed by atoms with Crippen LogP contribution in [0.1, 0.15) is 0 Å². The van der Waals surface area contributed by atoms with Crippen molar-refractivity contribution in [3.05, 3.63) is 0 Å². The summed E-state index contributed by atoms with van der Waals surface area (Å²) in [6.07, 6.45) is 4.30. The van der Waals surface area contributed by atoms with E-state index in [9.17, 15) is 0 Å². The second-order valence-corrected chi connectivity index (χ2v) is 29.0. The highest BCUT2D eigenvalue weighted by Crippen LogP contribution is 3.31. The topological polar surface area (TPSA) is 189 Å². The van der Waals surface area contributed by atoms with Gasteiger partial charge >= 0.3 is 0 Å². The van der Waals surface area contributed by atoms with E-state index in [0.717, 1.165) is 25.5 Å². The third-order valence-electron chi connectivity index (χ3n) is 0.838. The van der Waals surface area contributed by atoms with E-state index in [4.69, 9.17) is 0 Å². The summed E-state index contributed by atoms with van der Waals surface area (Å²) in [6.45, 7) is 0. The molecule has 0 aliphatic rings. The largest absolute Gasteiger partial charge is 0.412 e. The highest BCUT2D eigenvalue weighted by Gasteiger charge is 2.45. The van der Waals surface area contributed by atoms with Gasteiger partial charge in [-0.25, -0.2) is 0 Å². The predicted molar refractivity (Wildman–Crippen MR) is 49.4 cm³/mol. The Morgan fingerprint density at radius 3 is 0.400 bits per heavy atom. The van der Waals surface area contributed by atoms with E-state index in [1.165, 1.54) is 0 Å². The van der Waals surface area contributed by atoms with Crippen molar-refractivity contribution in [1.82, 2.24) is 0 Å². The van der Waals surface area contributed by atoms with Gasteiger partial charge in [0, 0.05) is 25.5 Å². The maximum atomic E-state index is 1.07. The van der Waals surface area contributed by atoms with Crippen LogP contribution in [0.2, 0.25) is 0 Å². The molecule has 0 amide bonds. The highest BCUT2D eigenvalue weighted by molar-refractivity contribution is 9.37. The highest BCUT2D eigenvalue weighted by atomic mass is 33.4. The first-order chi connectivity index (χ1) is 2.00. The van der Waals surface area contributed by atoms with E-state index in [2.05, 4.69) is 0 Å². The molecule has 0 atom stereocenters. The molecular weight excluding hydrogens is 220 g/mol. The van der Waals surface area contributed by atoms with E-state index in [-0.39, 0.29) is 32.9 Å². The molecule has 10 heavy (non-hydrogen) atoms. The molecule has 0 spiro atoms. The smallest absolute Gasteiger partial charge is 0 e. The quantitative estimate of drug-likeness (QED) is 0.435. The molecule has 12 N–H and O–H groups in total. The van der Waals surface area contributed by atoms with E-state index >= 15 is 0 Å². The minimum absolute atomic E-state index is 0. The van der Waals surface area contributed by atoms with Crippen molar-refractivity contribution in [2.24, 2.45) is 0 Å². The molecular formula is H12O6P4. The molecule has 0 aromatic carbocycles. The van der Waals surface area contributed by atoms with Crippen molar-refractivity contribution in [3.63, 3.8) is 0 Å². The molecule has 6 nitrogen and oxygen atoms in total. The molecule has 4 aromatic rings. The van der Waals surface area contributed by atoms with Gasteiger partial charge in [0.25, 0.3) is 0 Å². The molecule has 0 saturated heterocycles. The van der Waals surface area contributed by atoms with Crippen LogP contribution in [0.15, 0.2) is 0 Å².